The Hall–Kier alpha value is -1.05. The van der Waals surface area contributed by atoms with Crippen LogP contribution in [0.1, 0.15) is 27.7 Å². The molecule has 0 saturated carbocycles. The van der Waals surface area contributed by atoms with Gasteiger partial charge in [-0.1, -0.05) is 13.8 Å². The molecular weight excluding hydrogens is 150 g/mol. The standard InChI is InChI=1S/C8H11NO.C2H6/c1-7(2)10-8-4-3-5-9-6-8;1-2/h3-7H,1-2H3;1-2H3. The van der Waals surface area contributed by atoms with E-state index < -0.39 is 0 Å². The highest BCUT2D eigenvalue weighted by molar-refractivity contribution is 5.15. The lowest BCUT2D eigenvalue weighted by atomic mass is 10.4. The summed E-state index contributed by atoms with van der Waals surface area (Å²) in [5.41, 5.74) is 0. The molecule has 1 heterocycles. The van der Waals surface area contributed by atoms with Crippen LogP contribution in [-0.4, -0.2) is 11.1 Å². The van der Waals surface area contributed by atoms with E-state index in [-0.39, 0.29) is 6.10 Å². The predicted molar refractivity (Wildman–Crippen MR) is 51.3 cm³/mol. The van der Waals surface area contributed by atoms with Crippen LogP contribution in [0.15, 0.2) is 24.5 Å². The fraction of sp³-hybridized carbons (Fsp3) is 0.500. The Morgan fingerprint density at radius 1 is 1.33 bits per heavy atom. The monoisotopic (exact) mass is 167 g/mol. The Kier molecular flexibility index (Phi) is 6.07. The molecule has 0 radical (unpaired) electrons. The molecule has 1 aromatic heterocycles. The van der Waals surface area contributed by atoms with Crippen molar-refractivity contribution in [2.24, 2.45) is 0 Å². The zero-order chi connectivity index (χ0) is 9.40. The summed E-state index contributed by atoms with van der Waals surface area (Å²) in [6.07, 6.45) is 3.66. The molecule has 2 heteroatoms. The first kappa shape index (κ1) is 11.0. The largest absolute Gasteiger partial charge is 0.489 e. The van der Waals surface area contributed by atoms with Crippen molar-refractivity contribution in [3.8, 4) is 5.75 Å². The highest BCUT2D eigenvalue weighted by atomic mass is 16.5. The average Bonchev–Trinajstić information content (AvgIpc) is 2.08. The van der Waals surface area contributed by atoms with Gasteiger partial charge in [0.05, 0.1) is 12.3 Å². The van der Waals surface area contributed by atoms with Crippen molar-refractivity contribution in [2.75, 3.05) is 0 Å². The van der Waals surface area contributed by atoms with E-state index in [2.05, 4.69) is 4.98 Å². The van der Waals surface area contributed by atoms with Crippen LogP contribution in [0.2, 0.25) is 0 Å². The van der Waals surface area contributed by atoms with E-state index in [1.165, 1.54) is 0 Å². The highest BCUT2D eigenvalue weighted by Crippen LogP contribution is 2.07. The van der Waals surface area contributed by atoms with E-state index in [0.717, 1.165) is 5.75 Å². The fourth-order valence-electron chi connectivity index (χ4n) is 0.689. The first-order chi connectivity index (χ1) is 5.79. The van der Waals surface area contributed by atoms with Crippen molar-refractivity contribution in [2.45, 2.75) is 33.8 Å². The summed E-state index contributed by atoms with van der Waals surface area (Å²) in [6.45, 7) is 7.99. The van der Waals surface area contributed by atoms with Crippen LogP contribution in [0.3, 0.4) is 0 Å². The van der Waals surface area contributed by atoms with Crippen LogP contribution in [0.5, 0.6) is 5.75 Å². The second kappa shape index (κ2) is 6.65. The van der Waals surface area contributed by atoms with Gasteiger partial charge >= 0.3 is 0 Å². The Bertz CT molecular complexity index is 184. The minimum Gasteiger partial charge on any atom is -0.489 e. The normalized spacial score (nSPS) is 8.75. The third-order valence-corrected chi connectivity index (χ3v) is 1.01. The molecular formula is C10H17NO. The van der Waals surface area contributed by atoms with Crippen LogP contribution < -0.4 is 4.74 Å². The summed E-state index contributed by atoms with van der Waals surface area (Å²) in [6, 6.07) is 3.75. The lowest BCUT2D eigenvalue weighted by Gasteiger charge is -2.07. The Labute approximate surface area is 74.6 Å². The molecule has 2 nitrogen and oxygen atoms in total. The molecule has 0 spiro atoms. The van der Waals surface area contributed by atoms with Crippen molar-refractivity contribution in [3.63, 3.8) is 0 Å². The molecule has 0 aromatic carbocycles. The molecule has 0 N–H and O–H groups in total. The van der Waals surface area contributed by atoms with E-state index in [4.69, 9.17) is 4.74 Å². The fourth-order valence-corrected chi connectivity index (χ4v) is 0.689. The van der Waals surface area contributed by atoms with Crippen LogP contribution >= 0.6 is 0 Å². The predicted octanol–water partition coefficient (Wildman–Crippen LogP) is 2.90. The summed E-state index contributed by atoms with van der Waals surface area (Å²) in [5, 5.41) is 0. The summed E-state index contributed by atoms with van der Waals surface area (Å²) in [4.78, 5) is 3.91. The molecule has 0 unspecified atom stereocenters. The molecule has 1 aromatic rings. The summed E-state index contributed by atoms with van der Waals surface area (Å²) < 4.78 is 5.35. The number of hydrogen-bond donors (Lipinski definition) is 0. The third-order valence-electron chi connectivity index (χ3n) is 1.01. The zero-order valence-corrected chi connectivity index (χ0v) is 8.24. The van der Waals surface area contributed by atoms with Crippen LogP contribution in [0, 0.1) is 0 Å². The summed E-state index contributed by atoms with van der Waals surface area (Å²) in [5.74, 6) is 0.831. The van der Waals surface area contributed by atoms with Gasteiger partial charge in [0.1, 0.15) is 5.75 Å². The first-order valence-electron chi connectivity index (χ1n) is 4.35. The number of nitrogens with zero attached hydrogens (tertiary/aromatic N) is 1. The topological polar surface area (TPSA) is 22.1 Å². The Balaban J connectivity index is 0.000000561. The van der Waals surface area contributed by atoms with Crippen molar-refractivity contribution < 1.29 is 4.74 Å². The quantitative estimate of drug-likeness (QED) is 0.675. The van der Waals surface area contributed by atoms with Crippen molar-refractivity contribution in [1.82, 2.24) is 4.98 Å². The second-order valence-corrected chi connectivity index (χ2v) is 2.36. The number of hydrogen-bond acceptors (Lipinski definition) is 2. The van der Waals surface area contributed by atoms with E-state index in [1.807, 2.05) is 39.8 Å². The minimum atomic E-state index is 0.226. The van der Waals surface area contributed by atoms with Gasteiger partial charge in [-0.3, -0.25) is 4.98 Å². The molecule has 0 aliphatic carbocycles. The van der Waals surface area contributed by atoms with Crippen molar-refractivity contribution >= 4 is 0 Å². The molecule has 0 saturated heterocycles. The zero-order valence-electron chi connectivity index (χ0n) is 8.24. The maximum Gasteiger partial charge on any atom is 0.137 e. The lowest BCUT2D eigenvalue weighted by molar-refractivity contribution is 0.241. The van der Waals surface area contributed by atoms with Gasteiger partial charge in [0.2, 0.25) is 0 Å². The van der Waals surface area contributed by atoms with Crippen molar-refractivity contribution in [1.29, 1.82) is 0 Å². The smallest absolute Gasteiger partial charge is 0.137 e. The number of ether oxygens (including phenoxy) is 1. The van der Waals surface area contributed by atoms with Gasteiger partial charge in [-0.2, -0.15) is 0 Å². The van der Waals surface area contributed by atoms with E-state index in [1.54, 1.807) is 12.4 Å². The molecule has 0 fully saturated rings. The van der Waals surface area contributed by atoms with Crippen molar-refractivity contribution in [3.05, 3.63) is 24.5 Å². The van der Waals surface area contributed by atoms with Crippen LogP contribution in [0.25, 0.3) is 0 Å². The van der Waals surface area contributed by atoms with Gasteiger partial charge in [-0.05, 0) is 26.0 Å². The van der Waals surface area contributed by atoms with E-state index in [9.17, 15) is 0 Å². The van der Waals surface area contributed by atoms with Crippen LogP contribution in [-0.2, 0) is 0 Å². The minimum absolute atomic E-state index is 0.226. The number of pyridine rings is 1. The molecule has 0 amide bonds. The Morgan fingerprint density at radius 2 is 2.00 bits per heavy atom. The number of rotatable bonds is 2. The first-order valence-corrected chi connectivity index (χ1v) is 4.35. The maximum atomic E-state index is 5.35. The lowest BCUT2D eigenvalue weighted by Crippen LogP contribution is -2.05. The highest BCUT2D eigenvalue weighted by Gasteiger charge is 1.93. The summed E-state index contributed by atoms with van der Waals surface area (Å²) >= 11 is 0. The molecule has 0 aliphatic rings. The second-order valence-electron chi connectivity index (χ2n) is 2.36. The molecule has 0 atom stereocenters. The maximum absolute atomic E-state index is 5.35. The van der Waals surface area contributed by atoms with Crippen LogP contribution in [0.4, 0.5) is 0 Å². The van der Waals surface area contributed by atoms with Gasteiger partial charge in [0, 0.05) is 6.20 Å². The van der Waals surface area contributed by atoms with Gasteiger partial charge < -0.3 is 4.74 Å². The Morgan fingerprint density at radius 3 is 2.42 bits per heavy atom. The average molecular weight is 167 g/mol. The molecule has 0 bridgehead atoms. The van der Waals surface area contributed by atoms with Gasteiger partial charge in [0.25, 0.3) is 0 Å². The van der Waals surface area contributed by atoms with E-state index in [0.29, 0.717) is 0 Å². The summed E-state index contributed by atoms with van der Waals surface area (Å²) in [7, 11) is 0. The third kappa shape index (κ3) is 4.72. The molecule has 68 valence electrons. The van der Waals surface area contributed by atoms with E-state index >= 15 is 0 Å². The molecule has 12 heavy (non-hydrogen) atoms. The van der Waals surface area contributed by atoms with Gasteiger partial charge in [-0.25, -0.2) is 0 Å². The SMILES string of the molecule is CC.CC(C)Oc1cccnc1. The number of aromatic nitrogens is 1. The molecule has 1 rings (SSSR count). The van der Waals surface area contributed by atoms with Gasteiger partial charge in [-0.15, -0.1) is 0 Å². The van der Waals surface area contributed by atoms with Gasteiger partial charge in [0.15, 0.2) is 0 Å². The molecule has 0 aliphatic heterocycles.